The van der Waals surface area contributed by atoms with Crippen LogP contribution in [0.3, 0.4) is 0 Å². The van der Waals surface area contributed by atoms with Gasteiger partial charge < -0.3 is 2.85 Å². The monoisotopic (exact) mass is 220 g/mol. The standard InChI is InChI=1S/Mg.H2O8S2.2H/c;1-9(2,3)7-8-10(4,5)6;;/h;(H,1,2,3)(H,4,5,6);;/q+2;;2*-1. The second kappa shape index (κ2) is 4.51. The van der Waals surface area contributed by atoms with Crippen molar-refractivity contribution in [1.29, 1.82) is 0 Å². The molecule has 0 saturated heterocycles. The van der Waals surface area contributed by atoms with Crippen LogP contribution in [0.1, 0.15) is 2.85 Å². The van der Waals surface area contributed by atoms with E-state index >= 15 is 0 Å². The van der Waals surface area contributed by atoms with Gasteiger partial charge in [0, 0.05) is 0 Å². The molecule has 0 fully saturated rings. The zero-order valence-corrected chi connectivity index (χ0v) is 7.91. The minimum Gasteiger partial charge on any atom is -1.00 e. The van der Waals surface area contributed by atoms with E-state index in [1.807, 2.05) is 0 Å². The topological polar surface area (TPSA) is 127 Å². The van der Waals surface area contributed by atoms with E-state index < -0.39 is 20.8 Å². The van der Waals surface area contributed by atoms with Gasteiger partial charge in [-0.05, 0) is 0 Å². The predicted molar refractivity (Wildman–Crippen MR) is 33.2 cm³/mol. The van der Waals surface area contributed by atoms with Crippen molar-refractivity contribution in [1.82, 2.24) is 0 Å². The van der Waals surface area contributed by atoms with Crippen molar-refractivity contribution in [2.24, 2.45) is 0 Å². The Morgan fingerprint density at radius 3 is 1.18 bits per heavy atom. The number of rotatable bonds is 3. The van der Waals surface area contributed by atoms with Crippen LogP contribution >= 0.6 is 0 Å². The van der Waals surface area contributed by atoms with Gasteiger partial charge in [0.1, 0.15) is 0 Å². The molecule has 0 aliphatic rings. The minimum absolute atomic E-state index is 0. The molecule has 8 nitrogen and oxygen atoms in total. The Morgan fingerprint density at radius 1 is 0.909 bits per heavy atom. The van der Waals surface area contributed by atoms with Gasteiger partial charge >= 0.3 is 43.9 Å². The third kappa shape index (κ3) is 13.5. The van der Waals surface area contributed by atoms with Crippen LogP contribution in [0.2, 0.25) is 0 Å². The summed E-state index contributed by atoms with van der Waals surface area (Å²) >= 11 is 0. The average Bonchev–Trinajstić information content (AvgIpc) is 1.57. The van der Waals surface area contributed by atoms with Crippen molar-refractivity contribution >= 4 is 43.9 Å². The van der Waals surface area contributed by atoms with Crippen LogP contribution < -0.4 is 0 Å². The molecule has 11 heavy (non-hydrogen) atoms. The van der Waals surface area contributed by atoms with Crippen LogP contribution in [-0.2, 0) is 29.5 Å². The fourth-order valence-corrected chi connectivity index (χ4v) is 0.632. The van der Waals surface area contributed by atoms with Gasteiger partial charge in [0.2, 0.25) is 0 Å². The fraction of sp³-hybridized carbons (Fsp3) is 0. The van der Waals surface area contributed by atoms with Crippen molar-refractivity contribution < 1.29 is 37.5 Å². The van der Waals surface area contributed by atoms with Crippen molar-refractivity contribution in [3.05, 3.63) is 0 Å². The minimum atomic E-state index is -5.02. The zero-order valence-electron chi connectivity index (χ0n) is 6.87. The van der Waals surface area contributed by atoms with Crippen molar-refractivity contribution in [3.63, 3.8) is 0 Å². The van der Waals surface area contributed by atoms with Gasteiger partial charge in [-0.15, -0.1) is 0 Å². The maximum Gasteiger partial charge on any atom is 2.00 e. The molecule has 0 radical (unpaired) electrons. The normalized spacial score (nSPS) is 12.2. The molecule has 11 heteroatoms. The molecule has 0 spiro atoms. The van der Waals surface area contributed by atoms with Crippen LogP contribution in [0, 0.1) is 0 Å². The molecule has 0 unspecified atom stereocenters. The molecule has 0 saturated carbocycles. The summed E-state index contributed by atoms with van der Waals surface area (Å²) < 4.78 is 58.9. The Morgan fingerprint density at radius 2 is 1.09 bits per heavy atom. The second-order valence-electron chi connectivity index (χ2n) is 0.992. The van der Waals surface area contributed by atoms with E-state index in [0.717, 1.165) is 0 Å². The SMILES string of the molecule is O=S(=O)(O)OOS(=O)(=O)O.[H-].[H-].[Mg+2]. The van der Waals surface area contributed by atoms with Gasteiger partial charge in [0.25, 0.3) is 0 Å². The molecule has 0 aromatic heterocycles. The largest absolute Gasteiger partial charge is 2.00 e. The molecule has 0 aliphatic heterocycles. The van der Waals surface area contributed by atoms with Crippen molar-refractivity contribution in [2.45, 2.75) is 0 Å². The molecule has 0 aromatic carbocycles. The molecule has 0 amide bonds. The van der Waals surface area contributed by atoms with Gasteiger partial charge in [-0.3, -0.25) is 9.11 Å². The first-order valence-corrected chi connectivity index (χ1v) is 4.26. The average molecular weight is 220 g/mol. The first kappa shape index (κ1) is 14.1. The maximum absolute atomic E-state index is 9.51. The molecule has 0 heterocycles. The zero-order chi connectivity index (χ0) is 8.41. The van der Waals surface area contributed by atoms with E-state index in [-0.39, 0.29) is 25.9 Å². The van der Waals surface area contributed by atoms with Crippen LogP contribution in [0.5, 0.6) is 0 Å². The molecular weight excluding hydrogens is 216 g/mol. The first-order valence-electron chi connectivity index (χ1n) is 1.53. The van der Waals surface area contributed by atoms with Gasteiger partial charge in [0.15, 0.2) is 0 Å². The molecule has 0 aliphatic carbocycles. The molecular formula is H4MgO8S2. The molecule has 0 rings (SSSR count). The van der Waals surface area contributed by atoms with Gasteiger partial charge in [0.05, 0.1) is 0 Å². The number of hydrogen-bond donors (Lipinski definition) is 2. The third-order valence-corrected chi connectivity index (χ3v) is 0.766. The van der Waals surface area contributed by atoms with Gasteiger partial charge in [-0.2, -0.15) is 16.8 Å². The summed E-state index contributed by atoms with van der Waals surface area (Å²) in [7, 11) is -10.0. The third-order valence-electron chi connectivity index (χ3n) is 0.200. The Bertz CT molecular complexity index is 256. The van der Waals surface area contributed by atoms with E-state index in [1.165, 1.54) is 0 Å². The van der Waals surface area contributed by atoms with Crippen LogP contribution in [0.4, 0.5) is 0 Å². The van der Waals surface area contributed by atoms with Crippen molar-refractivity contribution in [2.75, 3.05) is 0 Å². The van der Waals surface area contributed by atoms with E-state index in [4.69, 9.17) is 9.11 Å². The predicted octanol–water partition coefficient (Wildman–Crippen LogP) is -1.62. The summed E-state index contributed by atoms with van der Waals surface area (Å²) in [6.45, 7) is 0. The summed E-state index contributed by atoms with van der Waals surface area (Å²) in [5, 5.41) is 0. The Hall–Kier alpha value is 0.506. The quantitative estimate of drug-likeness (QED) is 0.251. The molecule has 0 aromatic rings. The summed E-state index contributed by atoms with van der Waals surface area (Å²) in [6.07, 6.45) is 0. The van der Waals surface area contributed by atoms with Crippen LogP contribution in [0.15, 0.2) is 0 Å². The summed E-state index contributed by atoms with van der Waals surface area (Å²) in [6, 6.07) is 0. The smallest absolute Gasteiger partial charge is 1.00 e. The molecule has 66 valence electrons. The van der Waals surface area contributed by atoms with E-state index in [0.29, 0.717) is 0 Å². The molecule has 0 bridgehead atoms. The van der Waals surface area contributed by atoms with Crippen LogP contribution in [0.25, 0.3) is 0 Å². The van der Waals surface area contributed by atoms with Gasteiger partial charge in [-0.1, -0.05) is 8.67 Å². The number of hydrogen-bond acceptors (Lipinski definition) is 6. The maximum atomic E-state index is 9.51. The van der Waals surface area contributed by atoms with Crippen LogP contribution in [-0.4, -0.2) is 49.0 Å². The first-order chi connectivity index (χ1) is 4.21. The van der Waals surface area contributed by atoms with E-state index in [2.05, 4.69) is 8.67 Å². The molecule has 0 atom stereocenters. The molecule has 2 N–H and O–H groups in total. The Balaban J connectivity index is -0.000000135. The van der Waals surface area contributed by atoms with E-state index in [9.17, 15) is 16.8 Å². The van der Waals surface area contributed by atoms with E-state index in [1.54, 1.807) is 0 Å². The summed E-state index contributed by atoms with van der Waals surface area (Å²) in [4.78, 5) is 0. The summed E-state index contributed by atoms with van der Waals surface area (Å²) in [5.74, 6) is 0. The van der Waals surface area contributed by atoms with Gasteiger partial charge in [-0.25, -0.2) is 0 Å². The van der Waals surface area contributed by atoms with Crippen molar-refractivity contribution in [3.8, 4) is 0 Å². The Labute approximate surface area is 81.4 Å². The summed E-state index contributed by atoms with van der Waals surface area (Å²) in [5.41, 5.74) is 0. The fourth-order valence-electron chi connectivity index (χ4n) is 0.0702. The second-order valence-corrected chi connectivity index (χ2v) is 2.97. The Kier molecular flexibility index (Phi) is 5.76.